The number of aliphatic hydroxyl groups is 1. The maximum absolute atomic E-state index is 12.6. The molecule has 3 aromatic rings. The number of aliphatic hydroxyl groups excluding tert-OH is 1. The summed E-state index contributed by atoms with van der Waals surface area (Å²) in [4.78, 5) is 21.3. The van der Waals surface area contributed by atoms with Gasteiger partial charge in [-0.2, -0.15) is 0 Å². The Bertz CT molecular complexity index is 934. The molecule has 7 heteroatoms. The summed E-state index contributed by atoms with van der Waals surface area (Å²) in [6, 6.07) is 7.76. The van der Waals surface area contributed by atoms with Crippen LogP contribution in [-0.4, -0.2) is 42.3 Å². The van der Waals surface area contributed by atoms with Crippen LogP contribution in [0.3, 0.4) is 0 Å². The van der Waals surface area contributed by atoms with E-state index in [2.05, 4.69) is 26.8 Å². The summed E-state index contributed by atoms with van der Waals surface area (Å²) in [5.41, 5.74) is 2.02. The maximum Gasteiger partial charge on any atom is 0.222 e. The van der Waals surface area contributed by atoms with Gasteiger partial charge in [-0.15, -0.1) is 0 Å². The van der Waals surface area contributed by atoms with Gasteiger partial charge in [-0.3, -0.25) is 4.79 Å². The van der Waals surface area contributed by atoms with Gasteiger partial charge in [0, 0.05) is 31.8 Å². The largest absolute Gasteiger partial charge is 0.389 e. The Morgan fingerprint density at radius 2 is 2.18 bits per heavy atom. The van der Waals surface area contributed by atoms with Crippen molar-refractivity contribution in [3.8, 4) is 0 Å². The van der Waals surface area contributed by atoms with Crippen molar-refractivity contribution in [3.63, 3.8) is 0 Å². The molecule has 1 fully saturated rings. The fourth-order valence-electron chi connectivity index (χ4n) is 4.24. The number of benzene rings is 1. The van der Waals surface area contributed by atoms with Crippen molar-refractivity contribution in [1.82, 2.24) is 24.4 Å². The number of aromatic nitrogens is 4. The SMILES string of the molecule is CCc1nc2ccccc2n1CCC(=O)N[C@@H]1CCC[C@@H](n2ccnc2)[C@@H]1O. The number of hydrogen-bond acceptors (Lipinski definition) is 4. The third-order valence-corrected chi connectivity index (χ3v) is 5.69. The normalized spacial score (nSPS) is 22.4. The Morgan fingerprint density at radius 1 is 1.32 bits per heavy atom. The zero-order valence-corrected chi connectivity index (χ0v) is 16.2. The van der Waals surface area contributed by atoms with Gasteiger partial charge in [-0.1, -0.05) is 19.1 Å². The molecule has 1 aromatic carbocycles. The highest BCUT2D eigenvalue weighted by molar-refractivity contribution is 5.78. The quantitative estimate of drug-likeness (QED) is 0.687. The molecule has 2 aromatic heterocycles. The minimum Gasteiger partial charge on any atom is -0.389 e. The van der Waals surface area contributed by atoms with Crippen LogP contribution in [0.5, 0.6) is 0 Å². The number of para-hydroxylation sites is 2. The van der Waals surface area contributed by atoms with E-state index >= 15 is 0 Å². The van der Waals surface area contributed by atoms with Gasteiger partial charge in [0.05, 0.1) is 35.5 Å². The van der Waals surface area contributed by atoms with Crippen molar-refractivity contribution in [3.05, 3.63) is 48.8 Å². The van der Waals surface area contributed by atoms with Gasteiger partial charge in [0.15, 0.2) is 0 Å². The number of aryl methyl sites for hydroxylation is 2. The highest BCUT2D eigenvalue weighted by Gasteiger charge is 2.33. The second-order valence-corrected chi connectivity index (χ2v) is 7.44. The number of fused-ring (bicyclic) bond motifs is 1. The number of rotatable bonds is 6. The molecule has 1 saturated carbocycles. The second-order valence-electron chi connectivity index (χ2n) is 7.44. The third-order valence-electron chi connectivity index (χ3n) is 5.69. The molecule has 0 unspecified atom stereocenters. The van der Waals surface area contributed by atoms with Gasteiger partial charge in [0.2, 0.25) is 5.91 Å². The first-order chi connectivity index (χ1) is 13.7. The average Bonchev–Trinajstić information content (AvgIpc) is 3.35. The number of carbonyl (C=O) groups excluding carboxylic acids is 1. The maximum atomic E-state index is 12.6. The van der Waals surface area contributed by atoms with E-state index in [9.17, 15) is 9.90 Å². The van der Waals surface area contributed by atoms with E-state index in [0.717, 1.165) is 42.5 Å². The number of hydrogen-bond donors (Lipinski definition) is 2. The third kappa shape index (κ3) is 3.67. The van der Waals surface area contributed by atoms with Crippen molar-refractivity contribution < 1.29 is 9.90 Å². The Kier molecular flexibility index (Phi) is 5.43. The Labute approximate surface area is 164 Å². The summed E-state index contributed by atoms with van der Waals surface area (Å²) in [6.07, 6.45) is 8.57. The highest BCUT2D eigenvalue weighted by atomic mass is 16.3. The van der Waals surface area contributed by atoms with Crippen LogP contribution in [-0.2, 0) is 17.8 Å². The van der Waals surface area contributed by atoms with Gasteiger partial charge in [-0.25, -0.2) is 9.97 Å². The molecule has 0 aliphatic heterocycles. The van der Waals surface area contributed by atoms with Crippen LogP contribution in [0.1, 0.15) is 44.5 Å². The molecular weight excluding hydrogens is 354 g/mol. The molecular formula is C21H27N5O2. The Hall–Kier alpha value is -2.67. The molecule has 7 nitrogen and oxygen atoms in total. The lowest BCUT2D eigenvalue weighted by atomic mass is 9.88. The fourth-order valence-corrected chi connectivity index (χ4v) is 4.24. The summed E-state index contributed by atoms with van der Waals surface area (Å²) in [7, 11) is 0. The molecule has 1 aliphatic rings. The van der Waals surface area contributed by atoms with Crippen LogP contribution in [0.2, 0.25) is 0 Å². The van der Waals surface area contributed by atoms with E-state index in [0.29, 0.717) is 13.0 Å². The van der Waals surface area contributed by atoms with E-state index in [-0.39, 0.29) is 18.0 Å². The number of carbonyl (C=O) groups is 1. The van der Waals surface area contributed by atoms with Crippen LogP contribution >= 0.6 is 0 Å². The van der Waals surface area contributed by atoms with Gasteiger partial charge < -0.3 is 19.6 Å². The molecule has 2 heterocycles. The molecule has 3 atom stereocenters. The summed E-state index contributed by atoms with van der Waals surface area (Å²) < 4.78 is 4.06. The highest BCUT2D eigenvalue weighted by Crippen LogP contribution is 2.29. The molecule has 1 aliphatic carbocycles. The molecule has 0 spiro atoms. The van der Waals surface area contributed by atoms with Crippen molar-refractivity contribution in [2.24, 2.45) is 0 Å². The van der Waals surface area contributed by atoms with Crippen molar-refractivity contribution in [2.45, 2.75) is 63.8 Å². The lowest BCUT2D eigenvalue weighted by molar-refractivity contribution is -0.123. The van der Waals surface area contributed by atoms with Crippen LogP contribution in [0.15, 0.2) is 43.0 Å². The summed E-state index contributed by atoms with van der Waals surface area (Å²) in [5, 5.41) is 13.8. The topological polar surface area (TPSA) is 85.0 Å². The second kappa shape index (κ2) is 8.14. The summed E-state index contributed by atoms with van der Waals surface area (Å²) in [6.45, 7) is 2.66. The zero-order valence-electron chi connectivity index (χ0n) is 16.2. The van der Waals surface area contributed by atoms with E-state index in [4.69, 9.17) is 0 Å². The van der Waals surface area contributed by atoms with E-state index in [1.807, 2.05) is 35.0 Å². The molecule has 0 saturated heterocycles. The molecule has 1 amide bonds. The van der Waals surface area contributed by atoms with Crippen LogP contribution in [0, 0.1) is 0 Å². The molecule has 2 N–H and O–H groups in total. The van der Waals surface area contributed by atoms with Crippen molar-refractivity contribution in [1.29, 1.82) is 0 Å². The predicted octanol–water partition coefficient (Wildman–Crippen LogP) is 2.46. The van der Waals surface area contributed by atoms with E-state index in [1.165, 1.54) is 0 Å². The van der Waals surface area contributed by atoms with Crippen molar-refractivity contribution >= 4 is 16.9 Å². The fraction of sp³-hybridized carbons (Fsp3) is 0.476. The van der Waals surface area contributed by atoms with E-state index in [1.54, 1.807) is 12.5 Å². The zero-order chi connectivity index (χ0) is 19.5. The first-order valence-corrected chi connectivity index (χ1v) is 10.1. The molecule has 148 valence electrons. The van der Waals surface area contributed by atoms with Gasteiger partial charge in [0.25, 0.3) is 0 Å². The summed E-state index contributed by atoms with van der Waals surface area (Å²) >= 11 is 0. The number of imidazole rings is 2. The molecule has 4 rings (SSSR count). The predicted molar refractivity (Wildman–Crippen MR) is 107 cm³/mol. The Balaban J connectivity index is 1.40. The minimum absolute atomic E-state index is 0.0323. The number of nitrogens with zero attached hydrogens (tertiary/aromatic N) is 4. The minimum atomic E-state index is -0.604. The first-order valence-electron chi connectivity index (χ1n) is 10.1. The number of amides is 1. The van der Waals surface area contributed by atoms with Gasteiger partial charge >= 0.3 is 0 Å². The molecule has 0 radical (unpaired) electrons. The lowest BCUT2D eigenvalue weighted by Crippen LogP contribution is -2.49. The van der Waals surface area contributed by atoms with Crippen LogP contribution in [0.25, 0.3) is 11.0 Å². The first kappa shape index (κ1) is 18.7. The van der Waals surface area contributed by atoms with E-state index < -0.39 is 6.10 Å². The standard InChI is InChI=1S/C21H27N5O2/c1-2-19-23-15-6-3-4-8-17(15)26(19)12-10-20(27)24-16-7-5-9-18(21(16)28)25-13-11-22-14-25/h3-4,6,8,11,13-14,16,18,21,28H,2,5,7,9-10,12H2,1H3,(H,24,27)/t16-,18-,21-/m1/s1. The molecule has 28 heavy (non-hydrogen) atoms. The monoisotopic (exact) mass is 381 g/mol. The summed E-state index contributed by atoms with van der Waals surface area (Å²) in [5.74, 6) is 0.960. The number of nitrogens with one attached hydrogen (secondary N) is 1. The van der Waals surface area contributed by atoms with Gasteiger partial charge in [0.1, 0.15) is 5.82 Å². The van der Waals surface area contributed by atoms with Crippen LogP contribution < -0.4 is 5.32 Å². The van der Waals surface area contributed by atoms with Crippen molar-refractivity contribution in [2.75, 3.05) is 0 Å². The smallest absolute Gasteiger partial charge is 0.222 e. The lowest BCUT2D eigenvalue weighted by Gasteiger charge is -2.35. The van der Waals surface area contributed by atoms with Gasteiger partial charge in [-0.05, 0) is 31.4 Å². The van der Waals surface area contributed by atoms with Crippen LogP contribution in [0.4, 0.5) is 0 Å². The Morgan fingerprint density at radius 3 is 2.96 bits per heavy atom. The average molecular weight is 381 g/mol. The molecule has 0 bridgehead atoms.